The zero-order chi connectivity index (χ0) is 20.1. The first-order chi connectivity index (χ1) is 14.2. The summed E-state index contributed by atoms with van der Waals surface area (Å²) in [4.78, 5) is 28.6. The second-order valence-corrected chi connectivity index (χ2v) is 6.56. The Kier molecular flexibility index (Phi) is 5.42. The van der Waals surface area contributed by atoms with Gasteiger partial charge in [-0.2, -0.15) is 5.10 Å². The molecule has 0 aliphatic carbocycles. The van der Waals surface area contributed by atoms with E-state index >= 15 is 0 Å². The van der Waals surface area contributed by atoms with Crippen molar-refractivity contribution >= 4 is 16.9 Å². The van der Waals surface area contributed by atoms with Crippen LogP contribution < -0.4 is 5.43 Å². The molecule has 2 aromatic carbocycles. The number of esters is 1. The Bertz CT molecular complexity index is 1130. The van der Waals surface area contributed by atoms with E-state index in [1.165, 1.54) is 6.20 Å². The minimum atomic E-state index is -0.509. The van der Waals surface area contributed by atoms with Crippen LogP contribution in [0.1, 0.15) is 23.7 Å². The third-order valence-electron chi connectivity index (χ3n) is 4.65. The summed E-state index contributed by atoms with van der Waals surface area (Å²) < 4.78 is 7.47. The van der Waals surface area contributed by atoms with Gasteiger partial charge in [-0.3, -0.25) is 19.3 Å². The van der Waals surface area contributed by atoms with Gasteiger partial charge in [0.2, 0.25) is 5.43 Å². The van der Waals surface area contributed by atoms with Crippen molar-refractivity contribution in [2.45, 2.75) is 19.1 Å². The Morgan fingerprint density at radius 3 is 2.41 bits per heavy atom. The largest absolute Gasteiger partial charge is 0.452 e. The van der Waals surface area contributed by atoms with Crippen LogP contribution in [0.15, 0.2) is 90.1 Å². The van der Waals surface area contributed by atoms with Crippen molar-refractivity contribution in [1.29, 1.82) is 0 Å². The average Bonchev–Trinajstić information content (AvgIpc) is 2.78. The number of hydrogen-bond acceptors (Lipinski definition) is 5. The molecule has 144 valence electrons. The maximum atomic E-state index is 12.6. The van der Waals surface area contributed by atoms with E-state index in [1.807, 2.05) is 60.7 Å². The monoisotopic (exact) mass is 385 g/mol. The third-order valence-corrected chi connectivity index (χ3v) is 4.65. The molecule has 0 N–H and O–H groups in total. The summed E-state index contributed by atoms with van der Waals surface area (Å²) in [7, 11) is 0. The van der Waals surface area contributed by atoms with Gasteiger partial charge in [0.1, 0.15) is 0 Å². The lowest BCUT2D eigenvalue weighted by atomic mass is 10.0. The fraction of sp³-hybridized carbons (Fsp3) is 0.130. The molecule has 0 amide bonds. The van der Waals surface area contributed by atoms with Crippen molar-refractivity contribution in [3.63, 3.8) is 0 Å². The van der Waals surface area contributed by atoms with Crippen LogP contribution in [0, 0.1) is 0 Å². The first-order valence-electron chi connectivity index (χ1n) is 9.31. The molecule has 0 bridgehead atoms. The number of pyridine rings is 1. The molecule has 0 aliphatic heterocycles. The lowest BCUT2D eigenvalue weighted by Gasteiger charge is -2.19. The Balaban J connectivity index is 1.52. The van der Waals surface area contributed by atoms with E-state index in [1.54, 1.807) is 23.1 Å². The second kappa shape index (κ2) is 8.48. The topological polar surface area (TPSA) is 74.1 Å². The third kappa shape index (κ3) is 4.21. The van der Waals surface area contributed by atoms with Gasteiger partial charge in [-0.15, -0.1) is 0 Å². The molecule has 0 radical (unpaired) electrons. The van der Waals surface area contributed by atoms with E-state index in [9.17, 15) is 9.59 Å². The van der Waals surface area contributed by atoms with Crippen molar-refractivity contribution in [3.05, 3.63) is 107 Å². The van der Waals surface area contributed by atoms with Crippen LogP contribution in [0.2, 0.25) is 0 Å². The fourth-order valence-electron chi connectivity index (χ4n) is 3.22. The zero-order valence-electron chi connectivity index (χ0n) is 15.6. The van der Waals surface area contributed by atoms with E-state index in [2.05, 4.69) is 10.1 Å². The first kappa shape index (κ1) is 18.6. The first-order valence-corrected chi connectivity index (χ1v) is 9.31. The SMILES string of the molecule is O=C(CCn1ncc(=O)c2ccccc21)OC(c1ccccc1)c1ccncc1. The van der Waals surface area contributed by atoms with Crippen LogP contribution in [-0.4, -0.2) is 20.7 Å². The summed E-state index contributed by atoms with van der Waals surface area (Å²) in [6, 6.07) is 20.5. The minimum absolute atomic E-state index is 0.133. The number of carbonyl (C=O) groups is 1. The van der Waals surface area contributed by atoms with E-state index in [0.29, 0.717) is 17.4 Å². The van der Waals surface area contributed by atoms with Crippen LogP contribution in [0.25, 0.3) is 10.9 Å². The van der Waals surface area contributed by atoms with Gasteiger partial charge in [0, 0.05) is 23.3 Å². The van der Waals surface area contributed by atoms with Crippen LogP contribution >= 0.6 is 0 Å². The predicted octanol–water partition coefficient (Wildman–Crippen LogP) is 3.51. The van der Waals surface area contributed by atoms with Gasteiger partial charge in [-0.05, 0) is 29.8 Å². The van der Waals surface area contributed by atoms with Crippen molar-refractivity contribution in [2.75, 3.05) is 0 Å². The summed E-state index contributed by atoms with van der Waals surface area (Å²) in [5.74, 6) is -0.347. The van der Waals surface area contributed by atoms with Crippen molar-refractivity contribution in [1.82, 2.24) is 14.8 Å². The van der Waals surface area contributed by atoms with Gasteiger partial charge < -0.3 is 4.74 Å². The molecule has 2 heterocycles. The molecule has 6 heteroatoms. The molecule has 0 aliphatic rings. The molecular formula is C23H19N3O3. The normalized spacial score (nSPS) is 11.9. The maximum Gasteiger partial charge on any atom is 0.308 e. The highest BCUT2D eigenvalue weighted by Gasteiger charge is 2.19. The summed E-state index contributed by atoms with van der Waals surface area (Å²) >= 11 is 0. The quantitative estimate of drug-likeness (QED) is 0.475. The Hall–Kier alpha value is -3.80. The van der Waals surface area contributed by atoms with E-state index in [0.717, 1.165) is 11.1 Å². The Labute approximate surface area is 167 Å². The van der Waals surface area contributed by atoms with Crippen LogP contribution in [0.5, 0.6) is 0 Å². The number of aryl methyl sites for hydroxylation is 1. The number of fused-ring (bicyclic) bond motifs is 1. The lowest BCUT2D eigenvalue weighted by molar-refractivity contribution is -0.147. The number of carbonyl (C=O) groups excluding carboxylic acids is 1. The molecule has 0 saturated carbocycles. The minimum Gasteiger partial charge on any atom is -0.452 e. The summed E-state index contributed by atoms with van der Waals surface area (Å²) in [6.45, 7) is 0.317. The second-order valence-electron chi connectivity index (χ2n) is 6.56. The summed E-state index contributed by atoms with van der Waals surface area (Å²) in [5, 5.41) is 4.74. The molecule has 1 unspecified atom stereocenters. The molecule has 4 aromatic rings. The standard InChI is InChI=1S/C23H19N3O3/c27-21-16-25-26(20-9-5-4-8-19(20)21)15-12-22(28)29-23(17-6-2-1-3-7-17)18-10-13-24-14-11-18/h1-11,13-14,16,23H,12,15H2. The van der Waals surface area contributed by atoms with Crippen LogP contribution in [0.3, 0.4) is 0 Å². The number of nitrogens with zero attached hydrogens (tertiary/aromatic N) is 3. The van der Waals surface area contributed by atoms with E-state index in [-0.39, 0.29) is 17.8 Å². The smallest absolute Gasteiger partial charge is 0.308 e. The van der Waals surface area contributed by atoms with Gasteiger partial charge in [-0.25, -0.2) is 0 Å². The van der Waals surface area contributed by atoms with Crippen molar-refractivity contribution in [3.8, 4) is 0 Å². The number of hydrogen-bond donors (Lipinski definition) is 0. The number of para-hydroxylation sites is 1. The number of aromatic nitrogens is 3. The highest BCUT2D eigenvalue weighted by molar-refractivity contribution is 5.78. The molecular weight excluding hydrogens is 366 g/mol. The van der Waals surface area contributed by atoms with E-state index < -0.39 is 6.10 Å². The van der Waals surface area contributed by atoms with Gasteiger partial charge in [0.15, 0.2) is 6.10 Å². The van der Waals surface area contributed by atoms with Crippen molar-refractivity contribution < 1.29 is 9.53 Å². The number of rotatable bonds is 6. The molecule has 0 spiro atoms. The van der Waals surface area contributed by atoms with Gasteiger partial charge in [0.25, 0.3) is 0 Å². The molecule has 0 fully saturated rings. The van der Waals surface area contributed by atoms with Gasteiger partial charge in [0.05, 0.1) is 24.7 Å². The number of ether oxygens (including phenoxy) is 1. The zero-order valence-corrected chi connectivity index (χ0v) is 15.6. The van der Waals surface area contributed by atoms with E-state index in [4.69, 9.17) is 4.74 Å². The molecule has 0 saturated heterocycles. The molecule has 4 rings (SSSR count). The molecule has 2 aromatic heterocycles. The highest BCUT2D eigenvalue weighted by Crippen LogP contribution is 2.26. The lowest BCUT2D eigenvalue weighted by Crippen LogP contribution is -2.17. The van der Waals surface area contributed by atoms with Crippen LogP contribution in [-0.2, 0) is 16.1 Å². The van der Waals surface area contributed by atoms with Gasteiger partial charge in [-0.1, -0.05) is 42.5 Å². The number of benzene rings is 2. The maximum absolute atomic E-state index is 12.6. The summed E-state index contributed by atoms with van der Waals surface area (Å²) in [6.07, 6.45) is 4.25. The predicted molar refractivity (Wildman–Crippen MR) is 109 cm³/mol. The molecule has 1 atom stereocenters. The van der Waals surface area contributed by atoms with Crippen LogP contribution in [0.4, 0.5) is 0 Å². The van der Waals surface area contributed by atoms with Crippen molar-refractivity contribution in [2.24, 2.45) is 0 Å². The fourth-order valence-corrected chi connectivity index (χ4v) is 3.22. The summed E-state index contributed by atoms with van der Waals surface area (Å²) in [5.41, 5.74) is 2.30. The van der Waals surface area contributed by atoms with Gasteiger partial charge >= 0.3 is 5.97 Å². The molecule has 29 heavy (non-hydrogen) atoms. The Morgan fingerprint density at radius 2 is 1.62 bits per heavy atom. The average molecular weight is 385 g/mol. The molecule has 6 nitrogen and oxygen atoms in total. The Morgan fingerprint density at radius 1 is 0.931 bits per heavy atom. The highest BCUT2D eigenvalue weighted by atomic mass is 16.5.